The minimum absolute atomic E-state index is 0.0684. The van der Waals surface area contributed by atoms with Gasteiger partial charge in [-0.3, -0.25) is 0 Å². The Hall–Kier alpha value is -1.38. The summed E-state index contributed by atoms with van der Waals surface area (Å²) in [6, 6.07) is 8.55. The third kappa shape index (κ3) is 4.29. The summed E-state index contributed by atoms with van der Waals surface area (Å²) < 4.78 is 24.5. The van der Waals surface area contributed by atoms with Crippen molar-refractivity contribution in [2.24, 2.45) is 5.92 Å². The number of benzene rings is 1. The second kappa shape index (κ2) is 7.06. The molecule has 21 heavy (non-hydrogen) atoms. The molecule has 114 valence electrons. The van der Waals surface area contributed by atoms with Crippen molar-refractivity contribution in [3.05, 3.63) is 29.8 Å². The van der Waals surface area contributed by atoms with E-state index in [0.29, 0.717) is 24.1 Å². The van der Waals surface area contributed by atoms with Crippen LogP contribution < -0.4 is 5.32 Å². The topological polar surface area (TPSA) is 70.0 Å². The van der Waals surface area contributed by atoms with Gasteiger partial charge in [0, 0.05) is 12.6 Å². The zero-order valence-corrected chi connectivity index (χ0v) is 13.2. The van der Waals surface area contributed by atoms with Crippen molar-refractivity contribution in [2.75, 3.05) is 12.3 Å². The van der Waals surface area contributed by atoms with Crippen LogP contribution in [-0.2, 0) is 9.84 Å². The Morgan fingerprint density at radius 1 is 1.38 bits per heavy atom. The summed E-state index contributed by atoms with van der Waals surface area (Å²) in [5.74, 6) is 0.744. The summed E-state index contributed by atoms with van der Waals surface area (Å²) in [6.45, 7) is 2.59. The lowest BCUT2D eigenvalue weighted by Crippen LogP contribution is -2.35. The number of nitrogens with zero attached hydrogens (tertiary/aromatic N) is 1. The monoisotopic (exact) mass is 306 g/mol. The van der Waals surface area contributed by atoms with Gasteiger partial charge in [-0.05, 0) is 43.9 Å². The smallest absolute Gasteiger partial charge is 0.179 e. The van der Waals surface area contributed by atoms with Crippen LogP contribution in [0.2, 0.25) is 0 Å². The summed E-state index contributed by atoms with van der Waals surface area (Å²) in [6.07, 6.45) is 5.06. The molecule has 4 nitrogen and oxygen atoms in total. The third-order valence-electron chi connectivity index (χ3n) is 4.27. The van der Waals surface area contributed by atoms with Crippen molar-refractivity contribution in [2.45, 2.75) is 43.5 Å². The van der Waals surface area contributed by atoms with Gasteiger partial charge in [0.1, 0.15) is 0 Å². The molecule has 1 aromatic carbocycles. The lowest BCUT2D eigenvalue weighted by molar-refractivity contribution is 0.389. The first-order valence-corrected chi connectivity index (χ1v) is 9.14. The van der Waals surface area contributed by atoms with Crippen molar-refractivity contribution in [3.63, 3.8) is 0 Å². The van der Waals surface area contributed by atoms with Crippen molar-refractivity contribution in [1.29, 1.82) is 5.26 Å². The first-order valence-electron chi connectivity index (χ1n) is 7.49. The van der Waals surface area contributed by atoms with Crippen molar-refractivity contribution < 1.29 is 8.42 Å². The number of sulfone groups is 1. The Bertz CT molecular complexity index is 613. The molecule has 0 bridgehead atoms. The second-order valence-corrected chi connectivity index (χ2v) is 7.85. The standard InChI is InChI=1S/C16H22N2O2S/c1-13(15-6-2-3-7-15)18-9-10-21(19,20)16-8-4-5-14(11-16)12-17/h4-5,8,11,13,15,18H,2-3,6-7,9-10H2,1H3/t13-/m0/s1. The fourth-order valence-electron chi connectivity index (χ4n) is 2.92. The molecule has 1 saturated carbocycles. The molecule has 5 heteroatoms. The van der Waals surface area contributed by atoms with Gasteiger partial charge < -0.3 is 5.32 Å². The molecule has 2 rings (SSSR count). The minimum atomic E-state index is -3.33. The van der Waals surface area contributed by atoms with E-state index in [4.69, 9.17) is 5.26 Å². The van der Waals surface area contributed by atoms with Gasteiger partial charge in [0.2, 0.25) is 0 Å². The van der Waals surface area contributed by atoms with E-state index in [1.165, 1.54) is 31.7 Å². The average Bonchev–Trinajstić information content (AvgIpc) is 3.01. The largest absolute Gasteiger partial charge is 0.313 e. The van der Waals surface area contributed by atoms with E-state index in [1.54, 1.807) is 18.2 Å². The van der Waals surface area contributed by atoms with Crippen molar-refractivity contribution >= 4 is 9.84 Å². The van der Waals surface area contributed by atoms with Crippen LogP contribution in [0.15, 0.2) is 29.2 Å². The van der Waals surface area contributed by atoms with Crippen LogP contribution in [0.3, 0.4) is 0 Å². The Morgan fingerprint density at radius 2 is 2.10 bits per heavy atom. The van der Waals surface area contributed by atoms with Crippen LogP contribution in [0, 0.1) is 17.2 Å². The second-order valence-electron chi connectivity index (χ2n) is 5.75. The summed E-state index contributed by atoms with van der Waals surface area (Å²) in [5.41, 5.74) is 0.378. The van der Waals surface area contributed by atoms with E-state index in [9.17, 15) is 8.42 Å². The van der Waals surface area contributed by atoms with Gasteiger partial charge in [-0.25, -0.2) is 8.42 Å². The Balaban J connectivity index is 1.90. The lowest BCUT2D eigenvalue weighted by Gasteiger charge is -2.20. The fourth-order valence-corrected chi connectivity index (χ4v) is 4.14. The number of rotatable bonds is 6. The molecule has 1 fully saturated rings. The quantitative estimate of drug-likeness (QED) is 0.876. The van der Waals surface area contributed by atoms with Crippen LogP contribution >= 0.6 is 0 Å². The zero-order chi connectivity index (χ0) is 15.3. The number of nitrogens with one attached hydrogen (secondary N) is 1. The maximum absolute atomic E-state index is 12.3. The van der Waals surface area contributed by atoms with E-state index in [-0.39, 0.29) is 10.6 Å². The summed E-state index contributed by atoms with van der Waals surface area (Å²) >= 11 is 0. The first-order chi connectivity index (χ1) is 10.0. The SMILES string of the molecule is C[C@H](NCCS(=O)(=O)c1cccc(C#N)c1)C1CCCC1. The van der Waals surface area contributed by atoms with Gasteiger partial charge in [-0.1, -0.05) is 18.9 Å². The molecule has 0 radical (unpaired) electrons. The van der Waals surface area contributed by atoms with Crippen molar-refractivity contribution in [3.8, 4) is 6.07 Å². The number of hydrogen-bond donors (Lipinski definition) is 1. The summed E-state index contributed by atoms with van der Waals surface area (Å²) in [7, 11) is -3.33. The predicted molar refractivity (Wildman–Crippen MR) is 82.6 cm³/mol. The van der Waals surface area contributed by atoms with Gasteiger partial charge in [0.05, 0.1) is 22.3 Å². The predicted octanol–water partition coefficient (Wildman–Crippen LogP) is 2.50. The average molecular weight is 306 g/mol. The van der Waals surface area contributed by atoms with E-state index < -0.39 is 9.84 Å². The third-order valence-corrected chi connectivity index (χ3v) is 5.98. The molecular formula is C16H22N2O2S. The van der Waals surface area contributed by atoms with E-state index in [0.717, 1.165) is 0 Å². The zero-order valence-electron chi connectivity index (χ0n) is 12.4. The van der Waals surface area contributed by atoms with Crippen LogP contribution in [0.5, 0.6) is 0 Å². The van der Waals surface area contributed by atoms with Gasteiger partial charge in [-0.15, -0.1) is 0 Å². The first kappa shape index (κ1) is 16.0. The van der Waals surface area contributed by atoms with Crippen LogP contribution in [-0.4, -0.2) is 26.8 Å². The molecule has 0 saturated heterocycles. The van der Waals surface area contributed by atoms with Crippen molar-refractivity contribution in [1.82, 2.24) is 5.32 Å². The molecule has 1 atom stereocenters. The molecule has 0 unspecified atom stereocenters. The van der Waals surface area contributed by atoms with E-state index in [2.05, 4.69) is 12.2 Å². The lowest BCUT2D eigenvalue weighted by atomic mass is 10.00. The van der Waals surface area contributed by atoms with E-state index in [1.807, 2.05) is 6.07 Å². The van der Waals surface area contributed by atoms with Gasteiger partial charge >= 0.3 is 0 Å². The summed E-state index contributed by atoms with van der Waals surface area (Å²) in [4.78, 5) is 0.233. The van der Waals surface area contributed by atoms with Gasteiger partial charge in [0.15, 0.2) is 9.84 Å². The highest BCUT2D eigenvalue weighted by Gasteiger charge is 2.22. The molecule has 1 aliphatic rings. The fraction of sp³-hybridized carbons (Fsp3) is 0.562. The Labute approximate surface area is 127 Å². The normalized spacial score (nSPS) is 17.5. The molecule has 0 amide bonds. The molecule has 0 aliphatic heterocycles. The van der Waals surface area contributed by atoms with Crippen LogP contribution in [0.4, 0.5) is 0 Å². The molecule has 1 aromatic rings. The maximum atomic E-state index is 12.3. The van der Waals surface area contributed by atoms with E-state index >= 15 is 0 Å². The maximum Gasteiger partial charge on any atom is 0.179 e. The highest BCUT2D eigenvalue weighted by molar-refractivity contribution is 7.91. The molecule has 0 aromatic heterocycles. The molecule has 1 N–H and O–H groups in total. The summed E-state index contributed by atoms with van der Waals surface area (Å²) in [5, 5.41) is 12.2. The minimum Gasteiger partial charge on any atom is -0.313 e. The highest BCUT2D eigenvalue weighted by Crippen LogP contribution is 2.27. The van der Waals surface area contributed by atoms with Gasteiger partial charge in [0.25, 0.3) is 0 Å². The highest BCUT2D eigenvalue weighted by atomic mass is 32.2. The Kier molecular flexibility index (Phi) is 5.38. The van der Waals surface area contributed by atoms with Crippen LogP contribution in [0.25, 0.3) is 0 Å². The molecular weight excluding hydrogens is 284 g/mol. The van der Waals surface area contributed by atoms with Gasteiger partial charge in [-0.2, -0.15) is 5.26 Å². The molecule has 0 spiro atoms. The number of hydrogen-bond acceptors (Lipinski definition) is 4. The number of nitriles is 1. The Morgan fingerprint density at radius 3 is 2.76 bits per heavy atom. The molecule has 1 aliphatic carbocycles. The van der Waals surface area contributed by atoms with Crippen LogP contribution in [0.1, 0.15) is 38.2 Å². The molecule has 0 heterocycles.